The van der Waals surface area contributed by atoms with Crippen LogP contribution in [0.5, 0.6) is 0 Å². The second-order valence-electron chi connectivity index (χ2n) is 4.92. The van der Waals surface area contributed by atoms with Crippen LogP contribution in [0.1, 0.15) is 19.7 Å². The van der Waals surface area contributed by atoms with Crippen molar-refractivity contribution in [1.82, 2.24) is 25.1 Å². The number of aromatic nitrogens is 4. The molecule has 1 aromatic heterocycles. The van der Waals surface area contributed by atoms with Gasteiger partial charge in [-0.1, -0.05) is 6.92 Å². The maximum Gasteiger partial charge on any atom is 0.244 e. The smallest absolute Gasteiger partial charge is 0.244 e. The van der Waals surface area contributed by atoms with Crippen molar-refractivity contribution in [3.8, 4) is 0 Å². The lowest BCUT2D eigenvalue weighted by Gasteiger charge is -2.20. The number of likely N-dealkylation sites (tertiary alicyclic amines) is 1. The quantitative estimate of drug-likeness (QED) is 0.731. The molecule has 1 aromatic rings. The monoisotopic (exact) mass is 239 g/mol. The van der Waals surface area contributed by atoms with Crippen LogP contribution in [-0.4, -0.2) is 54.8 Å². The van der Waals surface area contributed by atoms with Crippen molar-refractivity contribution in [2.45, 2.75) is 32.9 Å². The minimum absolute atomic E-state index is 0.0648. The van der Waals surface area contributed by atoms with Crippen molar-refractivity contribution in [3.63, 3.8) is 0 Å². The largest absolute Gasteiger partial charge is 0.388 e. The highest BCUT2D eigenvalue weighted by molar-refractivity contribution is 5.76. The first-order chi connectivity index (χ1) is 7.90. The van der Waals surface area contributed by atoms with E-state index in [1.807, 2.05) is 6.92 Å². The molecule has 0 spiro atoms. The molecule has 0 saturated carbocycles. The van der Waals surface area contributed by atoms with Gasteiger partial charge in [-0.3, -0.25) is 4.79 Å². The average Bonchev–Trinajstić information content (AvgIpc) is 2.73. The number of hydrogen-bond donors (Lipinski definition) is 1. The minimum atomic E-state index is -0.800. The van der Waals surface area contributed by atoms with Crippen LogP contribution in [-0.2, 0) is 11.3 Å². The topological polar surface area (TPSA) is 84.1 Å². The van der Waals surface area contributed by atoms with Crippen molar-refractivity contribution in [2.24, 2.45) is 5.92 Å². The fourth-order valence-corrected chi connectivity index (χ4v) is 1.95. The SMILES string of the molecule is Cc1nnnn1CC(=O)N1C[C@@H](C)[C@@](C)(O)C1. The molecule has 1 fully saturated rings. The number of aliphatic hydroxyl groups is 1. The summed E-state index contributed by atoms with van der Waals surface area (Å²) in [5.41, 5.74) is -0.800. The third kappa shape index (κ3) is 2.28. The zero-order valence-electron chi connectivity index (χ0n) is 10.3. The Balaban J connectivity index is 2.01. The van der Waals surface area contributed by atoms with Crippen molar-refractivity contribution in [2.75, 3.05) is 13.1 Å². The fraction of sp³-hybridized carbons (Fsp3) is 0.800. The van der Waals surface area contributed by atoms with Crippen molar-refractivity contribution >= 4 is 5.91 Å². The molecule has 1 aliphatic heterocycles. The molecule has 0 unspecified atom stereocenters. The van der Waals surface area contributed by atoms with Gasteiger partial charge in [0, 0.05) is 19.0 Å². The lowest BCUT2D eigenvalue weighted by molar-refractivity contribution is -0.131. The first-order valence-corrected chi connectivity index (χ1v) is 5.63. The molecule has 1 aliphatic rings. The third-order valence-electron chi connectivity index (χ3n) is 3.42. The number of aryl methyl sites for hydroxylation is 1. The van der Waals surface area contributed by atoms with Gasteiger partial charge in [-0.25, -0.2) is 4.68 Å². The molecule has 2 heterocycles. The number of nitrogens with zero attached hydrogens (tertiary/aromatic N) is 5. The Labute approximate surface area is 99.4 Å². The fourth-order valence-electron chi connectivity index (χ4n) is 1.95. The Morgan fingerprint density at radius 1 is 1.65 bits per heavy atom. The van der Waals surface area contributed by atoms with Gasteiger partial charge < -0.3 is 10.0 Å². The van der Waals surface area contributed by atoms with Crippen LogP contribution in [0.2, 0.25) is 0 Å². The number of amides is 1. The van der Waals surface area contributed by atoms with E-state index in [0.717, 1.165) is 0 Å². The van der Waals surface area contributed by atoms with Gasteiger partial charge >= 0.3 is 0 Å². The molecule has 0 radical (unpaired) electrons. The van der Waals surface area contributed by atoms with Crippen LogP contribution in [0.3, 0.4) is 0 Å². The molecule has 17 heavy (non-hydrogen) atoms. The standard InChI is InChI=1S/C10H17N5O2/c1-7-4-14(6-10(7,3)17)9(16)5-15-8(2)11-12-13-15/h7,17H,4-6H2,1-3H3/t7-,10+/m1/s1. The Morgan fingerprint density at radius 3 is 2.82 bits per heavy atom. The summed E-state index contributed by atoms with van der Waals surface area (Å²) in [7, 11) is 0. The van der Waals surface area contributed by atoms with Gasteiger partial charge in [-0.15, -0.1) is 5.10 Å². The maximum absolute atomic E-state index is 12.0. The second-order valence-corrected chi connectivity index (χ2v) is 4.92. The zero-order chi connectivity index (χ0) is 12.6. The summed E-state index contributed by atoms with van der Waals surface area (Å²) >= 11 is 0. The molecule has 94 valence electrons. The number of carbonyl (C=O) groups excluding carboxylic acids is 1. The highest BCUT2D eigenvalue weighted by Gasteiger charge is 2.40. The Morgan fingerprint density at radius 2 is 2.35 bits per heavy atom. The normalized spacial score (nSPS) is 28.7. The molecule has 2 rings (SSSR count). The Kier molecular flexibility index (Phi) is 2.86. The number of hydrogen-bond acceptors (Lipinski definition) is 5. The Hall–Kier alpha value is -1.50. The van der Waals surface area contributed by atoms with E-state index in [2.05, 4.69) is 15.5 Å². The van der Waals surface area contributed by atoms with Gasteiger partial charge in [-0.05, 0) is 24.3 Å². The summed E-state index contributed by atoms with van der Waals surface area (Å²) in [5, 5.41) is 21.0. The summed E-state index contributed by atoms with van der Waals surface area (Å²) in [6.07, 6.45) is 0. The molecule has 1 amide bonds. The molecule has 0 bridgehead atoms. The van der Waals surface area contributed by atoms with Gasteiger partial charge in [0.25, 0.3) is 0 Å². The van der Waals surface area contributed by atoms with Gasteiger partial charge in [0.2, 0.25) is 5.91 Å². The predicted octanol–water partition coefficient (Wildman–Crippen LogP) is -0.789. The Bertz CT molecular complexity index is 428. The first-order valence-electron chi connectivity index (χ1n) is 5.63. The summed E-state index contributed by atoms with van der Waals surface area (Å²) in [5.74, 6) is 0.629. The van der Waals surface area contributed by atoms with Gasteiger partial charge in [0.15, 0.2) is 0 Å². The van der Waals surface area contributed by atoms with E-state index in [0.29, 0.717) is 18.9 Å². The minimum Gasteiger partial charge on any atom is -0.388 e. The van der Waals surface area contributed by atoms with Crippen LogP contribution in [0, 0.1) is 12.8 Å². The summed E-state index contributed by atoms with van der Waals surface area (Å²) < 4.78 is 1.46. The van der Waals surface area contributed by atoms with Crippen LogP contribution < -0.4 is 0 Å². The molecule has 0 aliphatic carbocycles. The number of carbonyl (C=O) groups is 1. The molecule has 0 aromatic carbocycles. The van der Waals surface area contributed by atoms with Crippen LogP contribution in [0.25, 0.3) is 0 Å². The molecular formula is C10H17N5O2. The van der Waals surface area contributed by atoms with E-state index in [-0.39, 0.29) is 18.4 Å². The lowest BCUT2D eigenvalue weighted by atomic mass is 9.95. The highest BCUT2D eigenvalue weighted by atomic mass is 16.3. The van der Waals surface area contributed by atoms with E-state index < -0.39 is 5.60 Å². The van der Waals surface area contributed by atoms with Crippen molar-refractivity contribution in [1.29, 1.82) is 0 Å². The maximum atomic E-state index is 12.0. The zero-order valence-corrected chi connectivity index (χ0v) is 10.3. The van der Waals surface area contributed by atoms with E-state index in [4.69, 9.17) is 0 Å². The summed E-state index contributed by atoms with van der Waals surface area (Å²) in [6, 6.07) is 0. The van der Waals surface area contributed by atoms with E-state index >= 15 is 0 Å². The lowest BCUT2D eigenvalue weighted by Crippen LogP contribution is -2.36. The molecule has 1 saturated heterocycles. The summed E-state index contributed by atoms with van der Waals surface area (Å²) in [6.45, 7) is 6.52. The highest BCUT2D eigenvalue weighted by Crippen LogP contribution is 2.26. The van der Waals surface area contributed by atoms with Crippen LogP contribution in [0.4, 0.5) is 0 Å². The van der Waals surface area contributed by atoms with Crippen LogP contribution >= 0.6 is 0 Å². The second kappa shape index (κ2) is 4.06. The van der Waals surface area contributed by atoms with Crippen molar-refractivity contribution in [3.05, 3.63) is 5.82 Å². The first kappa shape index (κ1) is 12.0. The van der Waals surface area contributed by atoms with E-state index in [1.54, 1.807) is 18.7 Å². The van der Waals surface area contributed by atoms with Crippen molar-refractivity contribution < 1.29 is 9.90 Å². The van der Waals surface area contributed by atoms with Gasteiger partial charge in [-0.2, -0.15) is 0 Å². The predicted molar refractivity (Wildman–Crippen MR) is 58.9 cm³/mol. The van der Waals surface area contributed by atoms with Gasteiger partial charge in [0.1, 0.15) is 12.4 Å². The number of β-amino-alcohol motifs (C(OH)–C–C–N with tert-alkyl or cyclic N) is 1. The number of tetrazole rings is 1. The van der Waals surface area contributed by atoms with E-state index in [9.17, 15) is 9.90 Å². The van der Waals surface area contributed by atoms with Gasteiger partial charge in [0.05, 0.1) is 5.60 Å². The average molecular weight is 239 g/mol. The van der Waals surface area contributed by atoms with Crippen LogP contribution in [0.15, 0.2) is 0 Å². The third-order valence-corrected chi connectivity index (χ3v) is 3.42. The molecular weight excluding hydrogens is 222 g/mol. The molecule has 2 atom stereocenters. The summed E-state index contributed by atoms with van der Waals surface area (Å²) in [4.78, 5) is 13.7. The molecule has 1 N–H and O–H groups in total. The number of rotatable bonds is 2. The van der Waals surface area contributed by atoms with E-state index in [1.165, 1.54) is 4.68 Å². The molecule has 7 nitrogen and oxygen atoms in total. The molecule has 7 heteroatoms.